The molecule has 2 aliphatic heterocycles. The highest BCUT2D eigenvalue weighted by Crippen LogP contribution is 2.50. The van der Waals surface area contributed by atoms with Crippen molar-refractivity contribution in [1.29, 1.82) is 0 Å². The normalized spacial score (nSPS) is 45.1. The third kappa shape index (κ3) is 1.25. The fourth-order valence-corrected chi connectivity index (χ4v) is 4.07. The van der Waals surface area contributed by atoms with Crippen molar-refractivity contribution in [2.45, 2.75) is 56.6 Å². The molecule has 1 spiro atoms. The van der Waals surface area contributed by atoms with E-state index in [-0.39, 0.29) is 11.6 Å². The van der Waals surface area contributed by atoms with E-state index in [1.54, 1.807) is 0 Å². The van der Waals surface area contributed by atoms with Gasteiger partial charge in [0.2, 0.25) is 5.91 Å². The van der Waals surface area contributed by atoms with Gasteiger partial charge in [0.1, 0.15) is 0 Å². The highest BCUT2D eigenvalue weighted by molar-refractivity contribution is 5.80. The molecule has 1 aliphatic carbocycles. The second-order valence-corrected chi connectivity index (χ2v) is 5.42. The number of hydrogen-bond acceptors (Lipinski definition) is 2. The van der Waals surface area contributed by atoms with E-state index in [4.69, 9.17) is 0 Å². The third-order valence-corrected chi connectivity index (χ3v) is 4.74. The van der Waals surface area contributed by atoms with E-state index in [0.29, 0.717) is 18.2 Å². The Labute approximate surface area is 90.5 Å². The van der Waals surface area contributed by atoms with Crippen LogP contribution in [0.5, 0.6) is 0 Å². The van der Waals surface area contributed by atoms with Gasteiger partial charge in [-0.2, -0.15) is 0 Å². The van der Waals surface area contributed by atoms with Crippen molar-refractivity contribution >= 4 is 5.91 Å². The summed E-state index contributed by atoms with van der Waals surface area (Å²) in [6, 6.07) is 0. The Balaban J connectivity index is 1.94. The van der Waals surface area contributed by atoms with Crippen LogP contribution < -0.4 is 0 Å². The van der Waals surface area contributed by atoms with E-state index < -0.39 is 0 Å². The van der Waals surface area contributed by atoms with Crippen molar-refractivity contribution in [2.75, 3.05) is 6.54 Å². The molecule has 2 saturated heterocycles. The Hall–Kier alpha value is -0.570. The van der Waals surface area contributed by atoms with E-state index in [9.17, 15) is 9.90 Å². The third-order valence-electron chi connectivity index (χ3n) is 4.74. The molecule has 1 amide bonds. The molecular formula is C12H19NO2. The number of amides is 1. The van der Waals surface area contributed by atoms with Gasteiger partial charge in [-0.15, -0.1) is 0 Å². The fourth-order valence-electron chi connectivity index (χ4n) is 4.07. The zero-order chi connectivity index (χ0) is 10.5. The molecule has 84 valence electrons. The smallest absolute Gasteiger partial charge is 0.223 e. The van der Waals surface area contributed by atoms with Crippen molar-refractivity contribution in [3.8, 4) is 0 Å². The van der Waals surface area contributed by atoms with Gasteiger partial charge in [0.15, 0.2) is 0 Å². The average Bonchev–Trinajstić information content (AvgIpc) is 2.55. The van der Waals surface area contributed by atoms with Gasteiger partial charge in [0.05, 0.1) is 6.10 Å². The van der Waals surface area contributed by atoms with Crippen molar-refractivity contribution in [3.63, 3.8) is 0 Å². The zero-order valence-corrected chi connectivity index (χ0v) is 9.11. The number of hydrogen-bond donors (Lipinski definition) is 1. The van der Waals surface area contributed by atoms with Gasteiger partial charge in [-0.05, 0) is 44.4 Å². The van der Waals surface area contributed by atoms with Crippen LogP contribution in [0.25, 0.3) is 0 Å². The lowest BCUT2D eigenvalue weighted by atomic mass is 9.66. The van der Waals surface area contributed by atoms with E-state index in [1.807, 2.05) is 0 Å². The molecule has 0 radical (unpaired) electrons. The first-order valence-corrected chi connectivity index (χ1v) is 6.21. The summed E-state index contributed by atoms with van der Waals surface area (Å²) in [6.45, 7) is 0.933. The second kappa shape index (κ2) is 3.21. The molecule has 3 nitrogen and oxygen atoms in total. The first-order valence-electron chi connectivity index (χ1n) is 6.21. The van der Waals surface area contributed by atoms with E-state index in [1.165, 1.54) is 6.42 Å². The predicted octanol–water partition coefficient (Wildman–Crippen LogP) is 1.30. The molecule has 0 aromatic heterocycles. The summed E-state index contributed by atoms with van der Waals surface area (Å²) in [5.74, 6) is 0.995. The van der Waals surface area contributed by atoms with Gasteiger partial charge in [-0.25, -0.2) is 0 Å². The minimum Gasteiger partial charge on any atom is -0.393 e. The SMILES string of the molecule is O=C1CC[C@]23C[C@@H](O)CC[C@H]2CCCN13. The number of aliphatic hydroxyl groups is 1. The number of carbonyl (C=O) groups excluding carboxylic acids is 1. The molecule has 3 atom stereocenters. The van der Waals surface area contributed by atoms with E-state index >= 15 is 0 Å². The lowest BCUT2D eigenvalue weighted by Gasteiger charge is -2.52. The monoisotopic (exact) mass is 209 g/mol. The summed E-state index contributed by atoms with van der Waals surface area (Å²) in [5.41, 5.74) is 0.0625. The van der Waals surface area contributed by atoms with Crippen LogP contribution >= 0.6 is 0 Å². The largest absolute Gasteiger partial charge is 0.393 e. The lowest BCUT2D eigenvalue weighted by molar-refractivity contribution is -0.138. The number of piperidine rings is 1. The standard InChI is InChI=1S/C12H19NO2/c14-10-4-3-9-2-1-7-13-11(15)5-6-12(9,13)8-10/h9-10,14H,1-8H2/t9-,10+,12+/m1/s1. The van der Waals surface area contributed by atoms with Crippen molar-refractivity contribution in [1.82, 2.24) is 4.90 Å². The predicted molar refractivity (Wildman–Crippen MR) is 56.3 cm³/mol. The van der Waals surface area contributed by atoms with Gasteiger partial charge in [0.25, 0.3) is 0 Å². The van der Waals surface area contributed by atoms with E-state index in [2.05, 4.69) is 4.90 Å². The maximum absolute atomic E-state index is 11.8. The Kier molecular flexibility index (Phi) is 2.06. The van der Waals surface area contributed by atoms with Gasteiger partial charge in [0, 0.05) is 18.5 Å². The Morgan fingerprint density at radius 3 is 3.07 bits per heavy atom. The first kappa shape index (κ1) is 9.64. The second-order valence-electron chi connectivity index (χ2n) is 5.42. The Morgan fingerprint density at radius 2 is 2.20 bits per heavy atom. The van der Waals surface area contributed by atoms with Crippen LogP contribution in [0.2, 0.25) is 0 Å². The first-order chi connectivity index (χ1) is 7.22. The summed E-state index contributed by atoms with van der Waals surface area (Å²) >= 11 is 0. The molecule has 1 saturated carbocycles. The Morgan fingerprint density at radius 1 is 1.33 bits per heavy atom. The van der Waals surface area contributed by atoms with Crippen molar-refractivity contribution in [3.05, 3.63) is 0 Å². The van der Waals surface area contributed by atoms with Gasteiger partial charge in [-0.1, -0.05) is 0 Å². The average molecular weight is 209 g/mol. The molecule has 3 aliphatic rings. The Bertz CT molecular complexity index is 291. The maximum atomic E-state index is 11.8. The van der Waals surface area contributed by atoms with Gasteiger partial charge in [-0.3, -0.25) is 4.79 Å². The fraction of sp³-hybridized carbons (Fsp3) is 0.917. The molecule has 15 heavy (non-hydrogen) atoms. The van der Waals surface area contributed by atoms with Crippen LogP contribution in [0.4, 0.5) is 0 Å². The lowest BCUT2D eigenvalue weighted by Crippen LogP contribution is -2.58. The quantitative estimate of drug-likeness (QED) is 0.653. The highest BCUT2D eigenvalue weighted by atomic mass is 16.3. The van der Waals surface area contributed by atoms with Crippen LogP contribution in [0.1, 0.15) is 44.9 Å². The number of nitrogens with zero attached hydrogens (tertiary/aromatic N) is 1. The molecule has 3 heteroatoms. The number of aliphatic hydroxyl groups excluding tert-OH is 1. The van der Waals surface area contributed by atoms with Crippen LogP contribution in [-0.2, 0) is 4.79 Å². The molecule has 0 aromatic rings. The van der Waals surface area contributed by atoms with Crippen LogP contribution in [0, 0.1) is 5.92 Å². The highest BCUT2D eigenvalue weighted by Gasteiger charge is 2.54. The molecule has 2 heterocycles. The van der Waals surface area contributed by atoms with Gasteiger partial charge >= 0.3 is 0 Å². The summed E-state index contributed by atoms with van der Waals surface area (Å²) in [5, 5.41) is 9.84. The molecular weight excluding hydrogens is 190 g/mol. The molecule has 0 aromatic carbocycles. The summed E-state index contributed by atoms with van der Waals surface area (Å²) in [6.07, 6.45) is 6.84. The van der Waals surface area contributed by atoms with Crippen molar-refractivity contribution < 1.29 is 9.90 Å². The van der Waals surface area contributed by atoms with E-state index in [0.717, 1.165) is 38.6 Å². The summed E-state index contributed by atoms with van der Waals surface area (Å²) in [4.78, 5) is 13.9. The van der Waals surface area contributed by atoms with Crippen LogP contribution in [0.3, 0.4) is 0 Å². The topological polar surface area (TPSA) is 40.5 Å². The van der Waals surface area contributed by atoms with Crippen molar-refractivity contribution in [2.24, 2.45) is 5.92 Å². The molecule has 1 N–H and O–H groups in total. The summed E-state index contributed by atoms with van der Waals surface area (Å²) in [7, 11) is 0. The number of carbonyl (C=O) groups is 1. The van der Waals surface area contributed by atoms with Crippen LogP contribution in [0.15, 0.2) is 0 Å². The molecule has 0 bridgehead atoms. The molecule has 3 fully saturated rings. The maximum Gasteiger partial charge on any atom is 0.223 e. The van der Waals surface area contributed by atoms with Crippen LogP contribution in [-0.4, -0.2) is 34.1 Å². The molecule has 3 rings (SSSR count). The minimum absolute atomic E-state index is 0.0625. The molecule has 0 unspecified atom stereocenters. The summed E-state index contributed by atoms with van der Waals surface area (Å²) < 4.78 is 0. The zero-order valence-electron chi connectivity index (χ0n) is 9.11. The minimum atomic E-state index is -0.173. The van der Waals surface area contributed by atoms with Gasteiger partial charge < -0.3 is 10.0 Å². The number of rotatable bonds is 0.